The van der Waals surface area contributed by atoms with Crippen molar-refractivity contribution < 1.29 is 18.3 Å². The monoisotopic (exact) mass is 441 g/mol. The number of hydrogen-bond donors (Lipinski definition) is 2. The molecule has 1 aliphatic carbocycles. The molecular formula is C20H21Cl2NO4S. The van der Waals surface area contributed by atoms with E-state index in [1.165, 1.54) is 12.1 Å². The van der Waals surface area contributed by atoms with Crippen LogP contribution < -0.4 is 4.72 Å². The number of benzene rings is 2. The summed E-state index contributed by atoms with van der Waals surface area (Å²) >= 11 is 12.2. The van der Waals surface area contributed by atoms with Crippen LogP contribution in [0, 0.1) is 6.92 Å². The first-order chi connectivity index (χ1) is 13.2. The molecule has 3 rings (SSSR count). The Bertz CT molecular complexity index is 1000. The zero-order valence-electron chi connectivity index (χ0n) is 15.3. The molecule has 1 unspecified atom stereocenters. The summed E-state index contributed by atoms with van der Waals surface area (Å²) in [5, 5.41) is 10.1. The minimum absolute atomic E-state index is 0.0419. The number of carboxylic acid groups (broad SMARTS) is 1. The number of rotatable bonds is 6. The first kappa shape index (κ1) is 21.1. The summed E-state index contributed by atoms with van der Waals surface area (Å²) in [6, 6.07) is 7.67. The van der Waals surface area contributed by atoms with Crippen LogP contribution >= 0.6 is 23.2 Å². The number of fused-ring (bicyclic) bond motifs is 1. The van der Waals surface area contributed by atoms with Gasteiger partial charge in [-0.15, -0.1) is 0 Å². The second-order valence-corrected chi connectivity index (χ2v) is 9.57. The van der Waals surface area contributed by atoms with Crippen LogP contribution in [0.1, 0.15) is 35.1 Å². The van der Waals surface area contributed by atoms with Gasteiger partial charge in [-0.2, -0.15) is 0 Å². The van der Waals surface area contributed by atoms with Crippen LogP contribution in [0.25, 0.3) is 0 Å². The Hall–Kier alpha value is -1.60. The average molecular weight is 442 g/mol. The quantitative estimate of drug-likeness (QED) is 0.704. The van der Waals surface area contributed by atoms with E-state index < -0.39 is 16.0 Å². The maximum absolute atomic E-state index is 12.6. The fraction of sp³-hybridized carbons (Fsp3) is 0.350. The number of hydrogen-bond acceptors (Lipinski definition) is 3. The second-order valence-electron chi connectivity index (χ2n) is 7.01. The van der Waals surface area contributed by atoms with Crippen molar-refractivity contribution in [2.75, 3.05) is 0 Å². The lowest BCUT2D eigenvalue weighted by Gasteiger charge is -2.28. The molecule has 2 N–H and O–H groups in total. The Kier molecular flexibility index (Phi) is 6.34. The highest BCUT2D eigenvalue weighted by Crippen LogP contribution is 2.33. The van der Waals surface area contributed by atoms with Gasteiger partial charge in [0.1, 0.15) is 0 Å². The predicted molar refractivity (Wildman–Crippen MR) is 110 cm³/mol. The van der Waals surface area contributed by atoms with Gasteiger partial charge < -0.3 is 5.11 Å². The maximum Gasteiger partial charge on any atom is 0.303 e. The standard InChI is InChI=1S/C20H21Cl2NO4S/c1-12-17(8-9-20(24)25)18-7-4-15(10-13(18)11-19(12)22)23-28(26,27)16-5-2-14(21)3-6-16/h2-3,5-6,11,15,23H,4,7-10H2,1H3,(H,24,25). The minimum Gasteiger partial charge on any atom is -0.481 e. The van der Waals surface area contributed by atoms with E-state index in [4.69, 9.17) is 28.3 Å². The van der Waals surface area contributed by atoms with Crippen molar-refractivity contribution in [3.63, 3.8) is 0 Å². The largest absolute Gasteiger partial charge is 0.481 e. The highest BCUT2D eigenvalue weighted by atomic mass is 35.5. The summed E-state index contributed by atoms with van der Waals surface area (Å²) in [6.45, 7) is 1.90. The molecule has 8 heteroatoms. The van der Waals surface area contributed by atoms with Gasteiger partial charge in [0.05, 0.1) is 4.90 Å². The molecule has 2 aromatic rings. The Morgan fingerprint density at radius 3 is 2.57 bits per heavy atom. The van der Waals surface area contributed by atoms with Gasteiger partial charge in [-0.25, -0.2) is 13.1 Å². The summed E-state index contributed by atoms with van der Waals surface area (Å²) in [5.74, 6) is -0.850. The van der Waals surface area contributed by atoms with Crippen LogP contribution in [0.2, 0.25) is 10.0 Å². The van der Waals surface area contributed by atoms with Crippen molar-refractivity contribution in [3.05, 3.63) is 62.6 Å². The summed E-state index contributed by atoms with van der Waals surface area (Å²) in [4.78, 5) is 11.2. The van der Waals surface area contributed by atoms with Crippen molar-refractivity contribution >= 4 is 39.2 Å². The van der Waals surface area contributed by atoms with E-state index in [0.717, 1.165) is 22.3 Å². The van der Waals surface area contributed by atoms with Gasteiger partial charge in [-0.05, 0) is 85.2 Å². The molecule has 28 heavy (non-hydrogen) atoms. The lowest BCUT2D eigenvalue weighted by molar-refractivity contribution is -0.136. The Labute approximate surface area is 174 Å². The van der Waals surface area contributed by atoms with Gasteiger partial charge in [-0.1, -0.05) is 23.2 Å². The fourth-order valence-electron chi connectivity index (χ4n) is 3.66. The van der Waals surface area contributed by atoms with E-state index in [-0.39, 0.29) is 17.4 Å². The molecule has 0 aliphatic heterocycles. The number of carboxylic acids is 1. The highest BCUT2D eigenvalue weighted by Gasteiger charge is 2.27. The zero-order chi connectivity index (χ0) is 20.5. The molecule has 0 heterocycles. The third kappa shape index (κ3) is 4.69. The van der Waals surface area contributed by atoms with E-state index in [1.807, 2.05) is 13.0 Å². The first-order valence-electron chi connectivity index (χ1n) is 8.97. The molecule has 0 bridgehead atoms. The van der Waals surface area contributed by atoms with Gasteiger partial charge in [0, 0.05) is 22.5 Å². The first-order valence-corrected chi connectivity index (χ1v) is 11.2. The lowest BCUT2D eigenvalue weighted by Crippen LogP contribution is -2.39. The van der Waals surface area contributed by atoms with Crippen molar-refractivity contribution in [3.8, 4) is 0 Å². The molecule has 0 saturated heterocycles. The highest BCUT2D eigenvalue weighted by molar-refractivity contribution is 7.89. The molecule has 1 atom stereocenters. The number of carbonyl (C=O) groups is 1. The van der Waals surface area contributed by atoms with Crippen LogP contribution in [0.4, 0.5) is 0 Å². The van der Waals surface area contributed by atoms with Gasteiger partial charge in [0.25, 0.3) is 0 Å². The van der Waals surface area contributed by atoms with Gasteiger partial charge >= 0.3 is 5.97 Å². The van der Waals surface area contributed by atoms with Crippen LogP contribution in [0.15, 0.2) is 35.2 Å². The van der Waals surface area contributed by atoms with Gasteiger partial charge in [-0.3, -0.25) is 4.79 Å². The molecule has 5 nitrogen and oxygen atoms in total. The summed E-state index contributed by atoms with van der Waals surface area (Å²) in [7, 11) is -3.65. The number of sulfonamides is 1. The fourth-order valence-corrected chi connectivity index (χ4v) is 5.31. The molecule has 2 aromatic carbocycles. The van der Waals surface area contributed by atoms with Crippen LogP contribution in [0.5, 0.6) is 0 Å². The van der Waals surface area contributed by atoms with E-state index in [2.05, 4.69) is 4.72 Å². The molecule has 0 fully saturated rings. The van der Waals surface area contributed by atoms with E-state index in [1.54, 1.807) is 12.1 Å². The molecule has 0 amide bonds. The lowest BCUT2D eigenvalue weighted by atomic mass is 9.83. The van der Waals surface area contributed by atoms with E-state index in [0.29, 0.717) is 35.7 Å². The molecular weight excluding hydrogens is 421 g/mol. The average Bonchev–Trinajstić information content (AvgIpc) is 2.62. The number of halogens is 2. The smallest absolute Gasteiger partial charge is 0.303 e. The predicted octanol–water partition coefficient (Wildman–Crippen LogP) is 4.15. The van der Waals surface area contributed by atoms with Crippen LogP contribution in [-0.2, 0) is 34.1 Å². The molecule has 0 saturated carbocycles. The normalized spacial score (nSPS) is 16.6. The minimum atomic E-state index is -3.65. The van der Waals surface area contributed by atoms with E-state index in [9.17, 15) is 13.2 Å². The summed E-state index contributed by atoms with van der Waals surface area (Å²) in [5.41, 5.74) is 3.96. The van der Waals surface area contributed by atoms with Crippen molar-refractivity contribution in [2.24, 2.45) is 0 Å². The molecule has 0 spiro atoms. The second kappa shape index (κ2) is 8.41. The SMILES string of the molecule is Cc1c(Cl)cc2c(c1CCC(=O)O)CCC(NS(=O)(=O)c1ccc(Cl)cc1)C2. The topological polar surface area (TPSA) is 83.5 Å². The van der Waals surface area contributed by atoms with Gasteiger partial charge in [0.15, 0.2) is 0 Å². The van der Waals surface area contributed by atoms with Crippen molar-refractivity contribution in [1.29, 1.82) is 0 Å². The van der Waals surface area contributed by atoms with Crippen molar-refractivity contribution in [1.82, 2.24) is 4.72 Å². The third-order valence-corrected chi connectivity index (χ3v) is 7.29. The molecule has 1 aliphatic rings. The molecule has 0 radical (unpaired) electrons. The number of aliphatic carboxylic acids is 1. The number of nitrogens with one attached hydrogen (secondary N) is 1. The van der Waals surface area contributed by atoms with Crippen LogP contribution in [-0.4, -0.2) is 25.5 Å². The van der Waals surface area contributed by atoms with Crippen molar-refractivity contribution in [2.45, 2.75) is 50.0 Å². The molecule has 150 valence electrons. The van der Waals surface area contributed by atoms with Crippen LogP contribution in [0.3, 0.4) is 0 Å². The Balaban J connectivity index is 1.82. The Morgan fingerprint density at radius 1 is 1.25 bits per heavy atom. The summed E-state index contributed by atoms with van der Waals surface area (Å²) in [6.07, 6.45) is 2.30. The Morgan fingerprint density at radius 2 is 1.93 bits per heavy atom. The summed E-state index contributed by atoms with van der Waals surface area (Å²) < 4.78 is 28.1. The maximum atomic E-state index is 12.6. The third-order valence-electron chi connectivity index (χ3n) is 5.11. The van der Waals surface area contributed by atoms with E-state index >= 15 is 0 Å². The zero-order valence-corrected chi connectivity index (χ0v) is 17.7. The van der Waals surface area contributed by atoms with Gasteiger partial charge in [0.2, 0.25) is 10.0 Å². The molecule has 0 aromatic heterocycles.